The number of nitrogens with one attached hydrogen (secondary N) is 1. The molecule has 1 aliphatic heterocycles. The predicted molar refractivity (Wildman–Crippen MR) is 168 cm³/mol. The number of carbonyl (C=O) groups is 3. The average Bonchev–Trinajstić information content (AvgIpc) is 3.65. The summed E-state index contributed by atoms with van der Waals surface area (Å²) in [6.45, 7) is 1.06. The van der Waals surface area contributed by atoms with Crippen molar-refractivity contribution in [1.29, 1.82) is 0 Å². The third-order valence-electron chi connectivity index (χ3n) is 7.66. The van der Waals surface area contributed by atoms with Gasteiger partial charge < -0.3 is 25.1 Å². The lowest BCUT2D eigenvalue weighted by Gasteiger charge is -2.22. The Morgan fingerprint density at radius 3 is 2.52 bits per heavy atom. The third-order valence-corrected chi connectivity index (χ3v) is 8.15. The van der Waals surface area contributed by atoms with Gasteiger partial charge in [-0.1, -0.05) is 59.6 Å². The molecule has 11 heteroatoms. The molecule has 1 fully saturated rings. The minimum absolute atomic E-state index is 0.0652. The molecule has 5 rings (SSSR count). The van der Waals surface area contributed by atoms with Crippen LogP contribution in [0.4, 0.5) is 0 Å². The third kappa shape index (κ3) is 8.04. The number of oxazole rings is 1. The average molecular weight is 638 g/mol. The van der Waals surface area contributed by atoms with Crippen LogP contribution in [0.2, 0.25) is 10.0 Å². The van der Waals surface area contributed by atoms with E-state index in [2.05, 4.69) is 10.3 Å². The van der Waals surface area contributed by atoms with Crippen LogP contribution in [-0.2, 0) is 27.4 Å². The second-order valence-electron chi connectivity index (χ2n) is 10.9. The fraction of sp³-hybridized carbons (Fsp3) is 0.333. The smallest absolute Gasteiger partial charge is 0.266 e. The second kappa shape index (κ2) is 14.8. The lowest BCUT2D eigenvalue weighted by atomic mass is 10.0. The molecule has 0 spiro atoms. The molecule has 0 unspecified atom stereocenters. The molecule has 230 valence electrons. The number of aromatic nitrogens is 1. The van der Waals surface area contributed by atoms with Crippen molar-refractivity contribution in [3.8, 4) is 0 Å². The predicted octanol–water partition coefficient (Wildman–Crippen LogP) is 5.22. The minimum Gasteiger partial charge on any atom is -0.434 e. The van der Waals surface area contributed by atoms with Crippen molar-refractivity contribution in [3.05, 3.63) is 99.9 Å². The van der Waals surface area contributed by atoms with E-state index in [1.165, 1.54) is 0 Å². The van der Waals surface area contributed by atoms with Gasteiger partial charge in [0.15, 0.2) is 5.58 Å². The van der Waals surface area contributed by atoms with Crippen LogP contribution in [0, 0.1) is 5.92 Å². The lowest BCUT2D eigenvalue weighted by molar-refractivity contribution is -0.130. The molecule has 44 heavy (non-hydrogen) atoms. The summed E-state index contributed by atoms with van der Waals surface area (Å²) in [4.78, 5) is 46.7. The first-order valence-corrected chi connectivity index (χ1v) is 15.3. The van der Waals surface area contributed by atoms with Gasteiger partial charge in [0.25, 0.3) is 5.89 Å². The Morgan fingerprint density at radius 2 is 1.77 bits per heavy atom. The summed E-state index contributed by atoms with van der Waals surface area (Å²) >= 11 is 12.1. The maximum atomic E-state index is 13.8. The van der Waals surface area contributed by atoms with Crippen LogP contribution in [0.15, 0.2) is 77.2 Å². The number of carbonyl (C=O) groups excluding carboxylic acids is 3. The fourth-order valence-corrected chi connectivity index (χ4v) is 5.62. The van der Waals surface area contributed by atoms with Crippen molar-refractivity contribution in [2.45, 2.75) is 44.4 Å². The molecule has 0 bridgehead atoms. The largest absolute Gasteiger partial charge is 0.434 e. The Kier molecular flexibility index (Phi) is 10.7. The van der Waals surface area contributed by atoms with Crippen molar-refractivity contribution in [2.75, 3.05) is 19.6 Å². The highest BCUT2D eigenvalue weighted by atomic mass is 35.5. The standard InChI is InChI=1S/C33H34Cl2N4O5/c34-23-13-11-21(12-14-23)20-43-29-19-39(30(40)17-22-6-5-7-24(35)16-22)18-25(29)32(42)37-27(9-3-4-15-36)31(41)33-38-26-8-1-2-10-28(26)44-33/h1-2,5-8,10-14,16,25,27,29H,3-4,9,15,17-20,36H2,(H,37,42)/t25-,27-,29-/m0/s1. The number of fused-ring (bicyclic) bond motifs is 1. The molecule has 4 aromatic rings. The molecule has 1 aromatic heterocycles. The van der Waals surface area contributed by atoms with Crippen LogP contribution >= 0.6 is 23.2 Å². The van der Waals surface area contributed by atoms with Gasteiger partial charge in [0.05, 0.1) is 31.1 Å². The maximum Gasteiger partial charge on any atom is 0.266 e. The maximum absolute atomic E-state index is 13.8. The van der Waals surface area contributed by atoms with E-state index in [1.54, 1.807) is 53.4 Å². The van der Waals surface area contributed by atoms with Crippen LogP contribution < -0.4 is 11.1 Å². The molecule has 0 radical (unpaired) electrons. The summed E-state index contributed by atoms with van der Waals surface area (Å²) in [6, 6.07) is 20.6. The molecule has 9 nitrogen and oxygen atoms in total. The Morgan fingerprint density at radius 1 is 0.977 bits per heavy atom. The van der Waals surface area contributed by atoms with Crippen LogP contribution in [0.25, 0.3) is 11.1 Å². The van der Waals surface area contributed by atoms with Crippen molar-refractivity contribution in [2.24, 2.45) is 11.7 Å². The number of nitrogens with two attached hydrogens (primary N) is 1. The van der Waals surface area contributed by atoms with E-state index in [-0.39, 0.29) is 43.8 Å². The fourth-order valence-electron chi connectivity index (χ4n) is 5.28. The van der Waals surface area contributed by atoms with Crippen LogP contribution in [-0.4, -0.2) is 59.3 Å². The van der Waals surface area contributed by atoms with Gasteiger partial charge in [0.2, 0.25) is 17.6 Å². The van der Waals surface area contributed by atoms with E-state index in [9.17, 15) is 14.4 Å². The number of rotatable bonds is 13. The first-order chi connectivity index (χ1) is 21.3. The highest BCUT2D eigenvalue weighted by Crippen LogP contribution is 2.25. The summed E-state index contributed by atoms with van der Waals surface area (Å²) in [7, 11) is 0. The molecule has 2 heterocycles. The first-order valence-electron chi connectivity index (χ1n) is 14.6. The van der Waals surface area contributed by atoms with Gasteiger partial charge in [-0.05, 0) is 73.3 Å². The minimum atomic E-state index is -0.879. The highest BCUT2D eigenvalue weighted by Gasteiger charge is 2.41. The first kappa shape index (κ1) is 31.7. The monoisotopic (exact) mass is 636 g/mol. The van der Waals surface area contributed by atoms with Crippen molar-refractivity contribution in [3.63, 3.8) is 0 Å². The van der Waals surface area contributed by atoms with Crippen LogP contribution in [0.5, 0.6) is 0 Å². The van der Waals surface area contributed by atoms with E-state index in [4.69, 9.17) is 38.1 Å². The SMILES string of the molecule is NCCCC[C@H](NC(=O)[C@H]1CN(C(=O)Cc2cccc(Cl)c2)C[C@@H]1OCc1ccc(Cl)cc1)C(=O)c1nc2ccccc2o1. The molecule has 3 aromatic carbocycles. The summed E-state index contributed by atoms with van der Waals surface area (Å²) < 4.78 is 11.9. The van der Waals surface area contributed by atoms with Crippen LogP contribution in [0.1, 0.15) is 41.1 Å². The van der Waals surface area contributed by atoms with E-state index in [1.807, 2.05) is 24.3 Å². The number of hydrogen-bond acceptors (Lipinski definition) is 7. The summed E-state index contributed by atoms with van der Waals surface area (Å²) in [5.41, 5.74) is 8.40. The number of benzene rings is 3. The Bertz CT molecular complexity index is 1580. The molecular formula is C33H34Cl2N4O5. The molecule has 2 amide bonds. The number of halogens is 2. The zero-order valence-corrected chi connectivity index (χ0v) is 25.6. The van der Waals surface area contributed by atoms with Gasteiger partial charge in [0, 0.05) is 23.1 Å². The lowest BCUT2D eigenvalue weighted by Crippen LogP contribution is -2.47. The van der Waals surface area contributed by atoms with Crippen molar-refractivity contribution < 1.29 is 23.5 Å². The second-order valence-corrected chi connectivity index (χ2v) is 11.8. The number of ketones is 1. The number of ether oxygens (including phenoxy) is 1. The topological polar surface area (TPSA) is 128 Å². The quantitative estimate of drug-likeness (QED) is 0.152. The normalized spacial score (nSPS) is 17.1. The Labute approximate surface area is 265 Å². The molecule has 1 aliphatic rings. The van der Waals surface area contributed by atoms with Gasteiger partial charge >= 0.3 is 0 Å². The van der Waals surface area contributed by atoms with Gasteiger partial charge in [-0.25, -0.2) is 4.98 Å². The Balaban J connectivity index is 1.33. The highest BCUT2D eigenvalue weighted by molar-refractivity contribution is 6.30. The summed E-state index contributed by atoms with van der Waals surface area (Å²) in [5.74, 6) is -1.73. The number of nitrogens with zero attached hydrogens (tertiary/aromatic N) is 2. The van der Waals surface area contributed by atoms with Gasteiger partial charge in [-0.3, -0.25) is 14.4 Å². The zero-order valence-electron chi connectivity index (χ0n) is 24.1. The van der Waals surface area contributed by atoms with Gasteiger partial charge in [-0.15, -0.1) is 0 Å². The Hall–Kier alpha value is -3.76. The van der Waals surface area contributed by atoms with E-state index < -0.39 is 23.8 Å². The zero-order chi connectivity index (χ0) is 31.1. The van der Waals surface area contributed by atoms with Crippen LogP contribution in [0.3, 0.4) is 0 Å². The molecule has 0 saturated carbocycles. The molecule has 3 atom stereocenters. The molecule has 1 saturated heterocycles. The van der Waals surface area contributed by atoms with Crippen molar-refractivity contribution in [1.82, 2.24) is 15.2 Å². The molecule has 0 aliphatic carbocycles. The van der Waals surface area contributed by atoms with Crippen molar-refractivity contribution >= 4 is 51.9 Å². The van der Waals surface area contributed by atoms with E-state index >= 15 is 0 Å². The van der Waals surface area contributed by atoms with E-state index in [0.717, 1.165) is 11.1 Å². The number of hydrogen-bond donors (Lipinski definition) is 2. The summed E-state index contributed by atoms with van der Waals surface area (Å²) in [5, 5.41) is 4.08. The number of unbranched alkanes of at least 4 members (excludes halogenated alkanes) is 1. The number of likely N-dealkylation sites (tertiary alicyclic amines) is 1. The summed E-state index contributed by atoms with van der Waals surface area (Å²) in [6.07, 6.45) is 1.21. The number of para-hydroxylation sites is 2. The van der Waals surface area contributed by atoms with Gasteiger partial charge in [0.1, 0.15) is 5.52 Å². The van der Waals surface area contributed by atoms with E-state index in [0.29, 0.717) is 47.0 Å². The molecular weight excluding hydrogens is 603 g/mol. The number of Topliss-reactive ketones (excluding diaryl/α,β-unsaturated/α-hetero) is 1. The van der Waals surface area contributed by atoms with Gasteiger partial charge in [-0.2, -0.15) is 0 Å². The number of amides is 2. The molecule has 3 N–H and O–H groups in total.